The van der Waals surface area contributed by atoms with Gasteiger partial charge in [-0.15, -0.1) is 0 Å². The number of amides is 1. The van der Waals surface area contributed by atoms with Crippen molar-refractivity contribution in [2.75, 3.05) is 17.7 Å². The van der Waals surface area contributed by atoms with Gasteiger partial charge in [-0.05, 0) is 42.5 Å². The van der Waals surface area contributed by atoms with Gasteiger partial charge < -0.3 is 15.4 Å². The second-order valence-corrected chi connectivity index (χ2v) is 7.17. The van der Waals surface area contributed by atoms with E-state index in [1.807, 2.05) is 38.1 Å². The maximum atomic E-state index is 12.7. The number of rotatable bonds is 6. The summed E-state index contributed by atoms with van der Waals surface area (Å²) in [6.45, 7) is 7.90. The Kier molecular flexibility index (Phi) is 7.08. The lowest BCUT2D eigenvalue weighted by molar-refractivity contribution is -0.112. The lowest BCUT2D eigenvalue weighted by atomic mass is 9.98. The van der Waals surface area contributed by atoms with Crippen molar-refractivity contribution in [2.24, 2.45) is 0 Å². The molecule has 0 aliphatic rings. The summed E-state index contributed by atoms with van der Waals surface area (Å²) in [4.78, 5) is 12.7. The van der Waals surface area contributed by atoms with Crippen LogP contribution in [0.3, 0.4) is 0 Å². The van der Waals surface area contributed by atoms with Crippen molar-refractivity contribution < 1.29 is 9.53 Å². The van der Waals surface area contributed by atoms with E-state index < -0.39 is 5.91 Å². The van der Waals surface area contributed by atoms with Crippen LogP contribution in [0.4, 0.5) is 11.4 Å². The average molecular weight is 398 g/mol. The van der Waals surface area contributed by atoms with E-state index in [1.54, 1.807) is 12.1 Å². The van der Waals surface area contributed by atoms with Crippen molar-refractivity contribution in [3.05, 3.63) is 63.8 Å². The van der Waals surface area contributed by atoms with E-state index in [4.69, 9.17) is 16.3 Å². The number of nitriles is 1. The predicted octanol–water partition coefficient (Wildman–Crippen LogP) is 5.55. The number of anilines is 2. The molecule has 0 aromatic heterocycles. The number of carbonyl (C=O) groups is 1. The van der Waals surface area contributed by atoms with Crippen LogP contribution in [0.5, 0.6) is 5.75 Å². The number of benzene rings is 2. The highest BCUT2D eigenvalue weighted by Crippen LogP contribution is 2.31. The minimum Gasteiger partial charge on any atom is -0.495 e. The summed E-state index contributed by atoms with van der Waals surface area (Å²) < 4.78 is 5.30. The Balaban J connectivity index is 2.29. The third-order valence-corrected chi connectivity index (χ3v) is 4.79. The molecule has 0 atom stereocenters. The monoisotopic (exact) mass is 397 g/mol. The lowest BCUT2D eigenvalue weighted by Crippen LogP contribution is -2.17. The van der Waals surface area contributed by atoms with Crippen LogP contribution < -0.4 is 15.4 Å². The molecule has 6 heteroatoms. The van der Waals surface area contributed by atoms with Gasteiger partial charge in [-0.2, -0.15) is 5.26 Å². The smallest absolute Gasteiger partial charge is 0.267 e. The fourth-order valence-corrected chi connectivity index (χ4v) is 2.92. The fraction of sp³-hybridized carbons (Fsp3) is 0.273. The second-order valence-electron chi connectivity index (χ2n) is 6.76. The van der Waals surface area contributed by atoms with Crippen molar-refractivity contribution in [3.63, 3.8) is 0 Å². The van der Waals surface area contributed by atoms with Crippen molar-refractivity contribution in [1.29, 1.82) is 5.26 Å². The summed E-state index contributed by atoms with van der Waals surface area (Å²) in [5.41, 5.74) is 4.12. The van der Waals surface area contributed by atoms with Gasteiger partial charge in [0.25, 0.3) is 5.91 Å². The number of nitrogens with zero attached hydrogens (tertiary/aromatic N) is 1. The first-order valence-corrected chi connectivity index (χ1v) is 9.28. The molecule has 1 amide bonds. The number of carbonyl (C=O) groups excluding carboxylic acids is 1. The number of ether oxygens (including phenoxy) is 1. The molecule has 0 saturated heterocycles. The van der Waals surface area contributed by atoms with Gasteiger partial charge in [-0.1, -0.05) is 43.6 Å². The molecule has 5 nitrogen and oxygen atoms in total. The average Bonchev–Trinajstić information content (AvgIpc) is 2.66. The molecule has 28 heavy (non-hydrogen) atoms. The molecule has 2 N–H and O–H groups in total. The molecule has 0 bridgehead atoms. The van der Waals surface area contributed by atoms with Gasteiger partial charge >= 0.3 is 0 Å². The van der Waals surface area contributed by atoms with E-state index in [0.717, 1.165) is 22.4 Å². The zero-order valence-electron chi connectivity index (χ0n) is 16.7. The minimum atomic E-state index is -0.476. The van der Waals surface area contributed by atoms with E-state index in [2.05, 4.69) is 24.5 Å². The molecule has 0 fully saturated rings. The maximum Gasteiger partial charge on any atom is 0.267 e. The zero-order valence-corrected chi connectivity index (χ0v) is 17.4. The van der Waals surface area contributed by atoms with Crippen LogP contribution in [0.15, 0.2) is 42.1 Å². The fourth-order valence-electron chi connectivity index (χ4n) is 2.77. The van der Waals surface area contributed by atoms with Crippen LogP contribution in [-0.2, 0) is 4.79 Å². The number of nitrogens with one attached hydrogen (secondary N) is 2. The van der Waals surface area contributed by atoms with Gasteiger partial charge in [-0.3, -0.25) is 4.79 Å². The summed E-state index contributed by atoms with van der Waals surface area (Å²) in [5.74, 6) is 0.283. The Labute approximate surface area is 171 Å². The third-order valence-electron chi connectivity index (χ3n) is 4.38. The molecule has 2 aromatic rings. The number of methoxy groups -OCH3 is 1. The number of aryl methyl sites for hydroxylation is 2. The topological polar surface area (TPSA) is 74.1 Å². The van der Waals surface area contributed by atoms with Crippen LogP contribution in [0.1, 0.15) is 36.5 Å². The predicted molar refractivity (Wildman–Crippen MR) is 114 cm³/mol. The van der Waals surface area contributed by atoms with E-state index in [1.165, 1.54) is 13.3 Å². The Morgan fingerprint density at radius 3 is 2.57 bits per heavy atom. The highest BCUT2D eigenvalue weighted by atomic mass is 35.5. The van der Waals surface area contributed by atoms with E-state index >= 15 is 0 Å². The minimum absolute atomic E-state index is 0.0485. The van der Waals surface area contributed by atoms with Crippen molar-refractivity contribution in [3.8, 4) is 11.8 Å². The first kappa shape index (κ1) is 21.3. The quantitative estimate of drug-likeness (QED) is 0.495. The summed E-state index contributed by atoms with van der Waals surface area (Å²) in [5, 5.41) is 15.9. The molecule has 2 rings (SSSR count). The van der Waals surface area contributed by atoms with Crippen LogP contribution in [0.25, 0.3) is 0 Å². The summed E-state index contributed by atoms with van der Waals surface area (Å²) in [6, 6.07) is 11.3. The highest BCUT2D eigenvalue weighted by Gasteiger charge is 2.15. The molecule has 0 unspecified atom stereocenters. The molecule has 0 spiro atoms. The third kappa shape index (κ3) is 4.85. The normalized spacial score (nSPS) is 11.1. The summed E-state index contributed by atoms with van der Waals surface area (Å²) >= 11 is 6.11. The number of halogens is 1. The summed E-state index contributed by atoms with van der Waals surface area (Å²) in [7, 11) is 1.53. The van der Waals surface area contributed by atoms with E-state index in [0.29, 0.717) is 16.5 Å². The molecular formula is C22H24ClN3O2. The van der Waals surface area contributed by atoms with Gasteiger partial charge in [0.1, 0.15) is 17.4 Å². The van der Waals surface area contributed by atoms with Crippen LogP contribution in [0.2, 0.25) is 5.02 Å². The molecule has 2 aromatic carbocycles. The van der Waals surface area contributed by atoms with Crippen LogP contribution in [0, 0.1) is 25.2 Å². The molecule has 0 radical (unpaired) electrons. The maximum absolute atomic E-state index is 12.7. The first-order valence-electron chi connectivity index (χ1n) is 8.90. The van der Waals surface area contributed by atoms with Gasteiger partial charge in [0.2, 0.25) is 0 Å². The number of hydrogen-bond acceptors (Lipinski definition) is 4. The summed E-state index contributed by atoms with van der Waals surface area (Å²) in [6.07, 6.45) is 1.37. The van der Waals surface area contributed by atoms with Gasteiger partial charge in [0, 0.05) is 23.0 Å². The van der Waals surface area contributed by atoms with Crippen molar-refractivity contribution in [1.82, 2.24) is 0 Å². The molecule has 0 aliphatic heterocycles. The standard InChI is InChI=1S/C22H24ClN3O2/c1-13(2)17-8-6-7-14(3)21(17)26-22(27)16(11-24)12-25-19-9-15(4)18(23)10-20(19)28-5/h6-10,12-13,25H,1-5H3,(H,26,27)/b16-12-. The first-order chi connectivity index (χ1) is 13.3. The lowest BCUT2D eigenvalue weighted by Gasteiger charge is -2.16. The van der Waals surface area contributed by atoms with Crippen molar-refractivity contribution >= 4 is 28.9 Å². The zero-order chi connectivity index (χ0) is 20.8. The Morgan fingerprint density at radius 2 is 1.96 bits per heavy atom. The number of para-hydroxylation sites is 1. The van der Waals surface area contributed by atoms with Gasteiger partial charge in [0.05, 0.1) is 12.8 Å². The SMILES string of the molecule is COc1cc(Cl)c(C)cc1N/C=C(/C#N)C(=O)Nc1c(C)cccc1C(C)C. The van der Waals surface area contributed by atoms with Gasteiger partial charge in [-0.25, -0.2) is 0 Å². The number of hydrogen-bond donors (Lipinski definition) is 2. The van der Waals surface area contributed by atoms with Crippen LogP contribution in [-0.4, -0.2) is 13.0 Å². The van der Waals surface area contributed by atoms with E-state index in [-0.39, 0.29) is 11.5 Å². The van der Waals surface area contributed by atoms with Crippen molar-refractivity contribution in [2.45, 2.75) is 33.6 Å². The van der Waals surface area contributed by atoms with E-state index in [9.17, 15) is 10.1 Å². The highest BCUT2D eigenvalue weighted by molar-refractivity contribution is 6.31. The second kappa shape index (κ2) is 9.29. The molecule has 0 saturated carbocycles. The molecule has 0 heterocycles. The molecule has 146 valence electrons. The van der Waals surface area contributed by atoms with Gasteiger partial charge in [0.15, 0.2) is 0 Å². The Hall–Kier alpha value is -2.97. The Bertz CT molecular complexity index is 959. The Morgan fingerprint density at radius 1 is 1.25 bits per heavy atom. The largest absolute Gasteiger partial charge is 0.495 e. The molecular weight excluding hydrogens is 374 g/mol. The molecule has 0 aliphatic carbocycles. The van der Waals surface area contributed by atoms with Crippen LogP contribution >= 0.6 is 11.6 Å².